The van der Waals surface area contributed by atoms with Crippen LogP contribution < -0.4 is 5.43 Å². The fourth-order valence-corrected chi connectivity index (χ4v) is 1.98. The standard InChI is InChI=1S/C6H3Cl2F2NO3S/c7-5-3(6(9)10)4(12)2(1-11-5)15(8,13)14/h1,6H,(H,11,12). The normalized spacial score (nSPS) is 12.1. The SMILES string of the molecule is O=c1c(S(=O)(=O)Cl)c[nH]c(Cl)c1C(F)F. The Morgan fingerprint density at radius 2 is 1.93 bits per heavy atom. The van der Waals surface area contributed by atoms with Crippen molar-refractivity contribution in [3.8, 4) is 0 Å². The molecule has 0 radical (unpaired) electrons. The molecule has 0 atom stereocenters. The fourth-order valence-electron chi connectivity index (χ4n) is 0.881. The molecule has 9 heteroatoms. The van der Waals surface area contributed by atoms with E-state index in [9.17, 15) is 22.0 Å². The lowest BCUT2D eigenvalue weighted by Crippen LogP contribution is -2.17. The van der Waals surface area contributed by atoms with Crippen molar-refractivity contribution >= 4 is 31.3 Å². The molecule has 84 valence electrons. The molecule has 0 aliphatic carbocycles. The van der Waals surface area contributed by atoms with E-state index in [1.165, 1.54) is 0 Å². The molecule has 0 fully saturated rings. The maximum Gasteiger partial charge on any atom is 0.270 e. The number of nitrogens with one attached hydrogen (secondary N) is 1. The summed E-state index contributed by atoms with van der Waals surface area (Å²) in [5.74, 6) is 0. The van der Waals surface area contributed by atoms with Crippen LogP contribution >= 0.6 is 22.3 Å². The van der Waals surface area contributed by atoms with Crippen molar-refractivity contribution in [1.82, 2.24) is 4.98 Å². The summed E-state index contributed by atoms with van der Waals surface area (Å²) in [6.07, 6.45) is -2.52. The maximum atomic E-state index is 12.3. The number of aromatic nitrogens is 1. The van der Waals surface area contributed by atoms with E-state index in [0.29, 0.717) is 6.20 Å². The van der Waals surface area contributed by atoms with E-state index in [1.807, 2.05) is 4.98 Å². The highest BCUT2D eigenvalue weighted by atomic mass is 35.7. The van der Waals surface area contributed by atoms with Crippen LogP contribution in [0.3, 0.4) is 0 Å². The third-order valence-electron chi connectivity index (χ3n) is 1.52. The van der Waals surface area contributed by atoms with E-state index < -0.39 is 36.5 Å². The van der Waals surface area contributed by atoms with Crippen LogP contribution in [0.15, 0.2) is 15.9 Å². The number of alkyl halides is 2. The Hall–Kier alpha value is -0.660. The molecule has 0 unspecified atom stereocenters. The minimum absolute atomic E-state index is 0.612. The first-order chi connectivity index (χ1) is 6.75. The predicted molar refractivity (Wildman–Crippen MR) is 50.1 cm³/mol. The second kappa shape index (κ2) is 4.07. The first kappa shape index (κ1) is 12.4. The molecule has 0 saturated heterocycles. The van der Waals surface area contributed by atoms with Crippen LogP contribution in [-0.4, -0.2) is 13.4 Å². The molecule has 0 saturated carbocycles. The zero-order chi connectivity index (χ0) is 11.8. The van der Waals surface area contributed by atoms with Gasteiger partial charge in [0.05, 0.1) is 0 Å². The molecule has 0 amide bonds. The Bertz CT molecular complexity index is 540. The van der Waals surface area contributed by atoms with Crippen LogP contribution in [0, 0.1) is 0 Å². The number of pyridine rings is 1. The zero-order valence-corrected chi connectivity index (χ0v) is 9.13. The van der Waals surface area contributed by atoms with Gasteiger partial charge in [-0.25, -0.2) is 17.2 Å². The lowest BCUT2D eigenvalue weighted by molar-refractivity contribution is 0.149. The zero-order valence-electron chi connectivity index (χ0n) is 6.80. The molecule has 1 aromatic heterocycles. The van der Waals surface area contributed by atoms with Gasteiger partial charge in [-0.05, 0) is 0 Å². The number of H-pyrrole nitrogens is 1. The van der Waals surface area contributed by atoms with Crippen molar-refractivity contribution in [3.63, 3.8) is 0 Å². The molecule has 0 spiro atoms. The van der Waals surface area contributed by atoms with Gasteiger partial charge in [0.25, 0.3) is 15.5 Å². The molecule has 1 aromatic rings. The lowest BCUT2D eigenvalue weighted by Gasteiger charge is -2.03. The molecular formula is C6H3Cl2F2NO3S. The predicted octanol–water partition coefficient (Wildman–Crippen LogP) is 1.89. The molecule has 0 aliphatic heterocycles. The van der Waals surface area contributed by atoms with E-state index in [4.69, 9.17) is 22.3 Å². The van der Waals surface area contributed by atoms with Crippen LogP contribution in [0.1, 0.15) is 12.0 Å². The number of aromatic amines is 1. The molecular weight excluding hydrogens is 275 g/mol. The maximum absolute atomic E-state index is 12.3. The molecule has 0 bridgehead atoms. The monoisotopic (exact) mass is 277 g/mol. The summed E-state index contributed by atoms with van der Waals surface area (Å²) in [7, 11) is 0.487. The van der Waals surface area contributed by atoms with Gasteiger partial charge < -0.3 is 4.98 Å². The molecule has 4 nitrogen and oxygen atoms in total. The Labute approximate surface area is 92.2 Å². The quantitative estimate of drug-likeness (QED) is 0.663. The summed E-state index contributed by atoms with van der Waals surface area (Å²) in [5, 5.41) is -0.612. The molecule has 15 heavy (non-hydrogen) atoms. The minimum atomic E-state index is -4.37. The summed E-state index contributed by atoms with van der Waals surface area (Å²) >= 11 is 5.27. The van der Waals surface area contributed by atoms with E-state index in [1.54, 1.807) is 0 Å². The second-order valence-electron chi connectivity index (χ2n) is 2.45. The molecule has 0 aromatic carbocycles. The first-order valence-electron chi connectivity index (χ1n) is 3.39. The summed E-state index contributed by atoms with van der Waals surface area (Å²) < 4.78 is 46.2. The van der Waals surface area contributed by atoms with Crippen molar-refractivity contribution < 1.29 is 17.2 Å². The number of halogens is 4. The average Bonchev–Trinajstić information content (AvgIpc) is 2.00. The Morgan fingerprint density at radius 1 is 1.40 bits per heavy atom. The van der Waals surface area contributed by atoms with Gasteiger partial charge in [-0.2, -0.15) is 0 Å². The summed E-state index contributed by atoms with van der Waals surface area (Å²) in [6, 6.07) is 0. The van der Waals surface area contributed by atoms with Crippen LogP contribution in [0.4, 0.5) is 8.78 Å². The van der Waals surface area contributed by atoms with Gasteiger partial charge in [0.1, 0.15) is 15.6 Å². The van der Waals surface area contributed by atoms with Gasteiger partial charge in [0.2, 0.25) is 5.43 Å². The van der Waals surface area contributed by atoms with Crippen LogP contribution in [0.25, 0.3) is 0 Å². The van der Waals surface area contributed by atoms with Crippen molar-refractivity contribution in [2.75, 3.05) is 0 Å². The number of hydrogen-bond acceptors (Lipinski definition) is 3. The third-order valence-corrected chi connectivity index (χ3v) is 3.16. The van der Waals surface area contributed by atoms with Gasteiger partial charge in [0, 0.05) is 16.9 Å². The van der Waals surface area contributed by atoms with Crippen LogP contribution in [0.5, 0.6) is 0 Å². The Balaban J connectivity index is 3.65. The number of hydrogen-bond donors (Lipinski definition) is 1. The fraction of sp³-hybridized carbons (Fsp3) is 0.167. The molecule has 1 rings (SSSR count). The minimum Gasteiger partial charge on any atom is -0.350 e. The van der Waals surface area contributed by atoms with Crippen molar-refractivity contribution in [2.24, 2.45) is 0 Å². The molecule has 1 heterocycles. The Kier molecular flexibility index (Phi) is 3.37. The van der Waals surface area contributed by atoms with Gasteiger partial charge in [-0.1, -0.05) is 11.6 Å². The van der Waals surface area contributed by atoms with Crippen LogP contribution in [0.2, 0.25) is 5.15 Å². The highest BCUT2D eigenvalue weighted by molar-refractivity contribution is 8.13. The van der Waals surface area contributed by atoms with Gasteiger partial charge >= 0.3 is 0 Å². The van der Waals surface area contributed by atoms with Gasteiger partial charge in [0.15, 0.2) is 0 Å². The summed E-state index contributed by atoms with van der Waals surface area (Å²) in [6.45, 7) is 0. The van der Waals surface area contributed by atoms with E-state index in [-0.39, 0.29) is 0 Å². The van der Waals surface area contributed by atoms with Crippen molar-refractivity contribution in [2.45, 2.75) is 11.3 Å². The van der Waals surface area contributed by atoms with Crippen molar-refractivity contribution in [1.29, 1.82) is 0 Å². The van der Waals surface area contributed by atoms with E-state index in [0.717, 1.165) is 0 Å². The molecule has 0 aliphatic rings. The van der Waals surface area contributed by atoms with Crippen molar-refractivity contribution in [3.05, 3.63) is 27.1 Å². The third kappa shape index (κ3) is 2.47. The lowest BCUT2D eigenvalue weighted by atomic mass is 10.3. The van der Waals surface area contributed by atoms with Gasteiger partial charge in [-0.15, -0.1) is 0 Å². The average molecular weight is 278 g/mol. The van der Waals surface area contributed by atoms with E-state index >= 15 is 0 Å². The number of rotatable bonds is 2. The smallest absolute Gasteiger partial charge is 0.270 e. The second-order valence-corrected chi connectivity index (χ2v) is 5.36. The largest absolute Gasteiger partial charge is 0.350 e. The Morgan fingerprint density at radius 3 is 2.33 bits per heavy atom. The summed E-state index contributed by atoms with van der Waals surface area (Å²) in [5.41, 5.74) is -2.51. The molecule has 1 N–H and O–H groups in total. The van der Waals surface area contributed by atoms with E-state index in [2.05, 4.69) is 0 Å². The topological polar surface area (TPSA) is 67.0 Å². The summed E-state index contributed by atoms with van der Waals surface area (Å²) in [4.78, 5) is 12.3. The highest BCUT2D eigenvalue weighted by Gasteiger charge is 2.24. The first-order valence-corrected chi connectivity index (χ1v) is 6.07. The highest BCUT2D eigenvalue weighted by Crippen LogP contribution is 2.23. The van der Waals surface area contributed by atoms with Crippen LogP contribution in [-0.2, 0) is 9.05 Å². The van der Waals surface area contributed by atoms with Gasteiger partial charge in [-0.3, -0.25) is 4.79 Å².